The van der Waals surface area contributed by atoms with E-state index in [9.17, 15) is 5.11 Å². The fourth-order valence-corrected chi connectivity index (χ4v) is 2.19. The van der Waals surface area contributed by atoms with E-state index < -0.39 is 12.1 Å². The first kappa shape index (κ1) is 14.1. The number of hydrogen-bond donors (Lipinski definition) is 2. The Kier molecular flexibility index (Phi) is 5.24. The van der Waals surface area contributed by atoms with Crippen LogP contribution in [0.5, 0.6) is 0 Å². The minimum atomic E-state index is -1.21. The van der Waals surface area contributed by atoms with Crippen LogP contribution in [-0.4, -0.2) is 60.2 Å². The fraction of sp³-hybridized carbons (Fsp3) is 1.00. The summed E-state index contributed by atoms with van der Waals surface area (Å²) >= 11 is 0. The van der Waals surface area contributed by atoms with Crippen LogP contribution in [0.1, 0.15) is 12.8 Å². The zero-order chi connectivity index (χ0) is 12.8. The van der Waals surface area contributed by atoms with Crippen LogP contribution in [0.15, 0.2) is 0 Å². The van der Waals surface area contributed by atoms with E-state index in [1.54, 1.807) is 0 Å². The van der Waals surface area contributed by atoms with Gasteiger partial charge in [-0.3, -0.25) is 4.90 Å². The SMILES string of the molecule is OOOOOC(O)CN1CCC2(CC1)OCCO2. The number of piperidine rings is 1. The third-order valence-electron chi connectivity index (χ3n) is 3.05. The number of aliphatic hydroxyl groups is 1. The minimum Gasteiger partial charge on any atom is -0.365 e. The highest BCUT2D eigenvalue weighted by Gasteiger charge is 2.39. The molecule has 2 N–H and O–H groups in total. The Bertz CT molecular complexity index is 237. The van der Waals surface area contributed by atoms with Gasteiger partial charge in [-0.1, -0.05) is 0 Å². The van der Waals surface area contributed by atoms with E-state index >= 15 is 0 Å². The number of β-amino-alcohol motifs (C(OH)–C–C–N with tert-alkyl or cyclic N) is 1. The smallest absolute Gasteiger partial charge is 0.204 e. The van der Waals surface area contributed by atoms with E-state index in [0.29, 0.717) is 13.2 Å². The topological polar surface area (TPSA) is 99.1 Å². The monoisotopic (exact) mass is 267 g/mol. The summed E-state index contributed by atoms with van der Waals surface area (Å²) in [5.74, 6) is -0.438. The van der Waals surface area contributed by atoms with Crippen molar-refractivity contribution < 1.29 is 39.8 Å². The summed E-state index contributed by atoms with van der Waals surface area (Å²) in [6.07, 6.45) is 0.285. The maximum Gasteiger partial charge on any atom is 0.204 e. The van der Waals surface area contributed by atoms with Gasteiger partial charge in [0.25, 0.3) is 0 Å². The van der Waals surface area contributed by atoms with Crippen LogP contribution >= 0.6 is 0 Å². The molecule has 0 aromatic carbocycles. The minimum absolute atomic E-state index is 0.241. The van der Waals surface area contributed by atoms with Gasteiger partial charge in [0.15, 0.2) is 5.79 Å². The molecule has 9 nitrogen and oxygen atoms in total. The molecule has 1 spiro atoms. The van der Waals surface area contributed by atoms with Gasteiger partial charge in [-0.25, -0.2) is 5.26 Å². The standard InChI is InChI=1S/C9H17NO8/c11-8(15-17-18-16-12)7-10-3-1-9(2-4-10)13-5-6-14-9/h8,11-12H,1-7H2. The van der Waals surface area contributed by atoms with Crippen LogP contribution in [0.2, 0.25) is 0 Å². The number of nitrogens with zero attached hydrogens (tertiary/aromatic N) is 1. The lowest BCUT2D eigenvalue weighted by Crippen LogP contribution is -2.47. The van der Waals surface area contributed by atoms with Crippen molar-refractivity contribution in [3.63, 3.8) is 0 Å². The predicted octanol–water partition coefficient (Wildman–Crippen LogP) is -0.572. The molecule has 0 saturated carbocycles. The zero-order valence-corrected chi connectivity index (χ0v) is 9.82. The second-order valence-electron chi connectivity index (χ2n) is 4.17. The normalized spacial score (nSPS) is 25.7. The van der Waals surface area contributed by atoms with Crippen LogP contribution < -0.4 is 0 Å². The summed E-state index contributed by atoms with van der Waals surface area (Å²) in [5, 5.41) is 27.8. The number of ether oxygens (including phenoxy) is 2. The van der Waals surface area contributed by atoms with E-state index in [4.69, 9.17) is 14.7 Å². The molecule has 0 bridgehead atoms. The second kappa shape index (κ2) is 6.70. The predicted molar refractivity (Wildman–Crippen MR) is 53.3 cm³/mol. The average molecular weight is 267 g/mol. The van der Waals surface area contributed by atoms with Gasteiger partial charge in [-0.05, 0) is 15.1 Å². The molecule has 2 fully saturated rings. The van der Waals surface area contributed by atoms with Crippen molar-refractivity contribution in [1.29, 1.82) is 0 Å². The highest BCUT2D eigenvalue weighted by molar-refractivity contribution is 4.82. The average Bonchev–Trinajstić information content (AvgIpc) is 2.81. The van der Waals surface area contributed by atoms with Crippen LogP contribution in [0.3, 0.4) is 0 Å². The van der Waals surface area contributed by atoms with E-state index in [1.165, 1.54) is 0 Å². The molecular weight excluding hydrogens is 250 g/mol. The molecule has 106 valence electrons. The van der Waals surface area contributed by atoms with Crippen LogP contribution in [0.25, 0.3) is 0 Å². The molecule has 2 rings (SSSR count). The summed E-state index contributed by atoms with van der Waals surface area (Å²) in [7, 11) is 0. The van der Waals surface area contributed by atoms with Crippen molar-refractivity contribution in [3.05, 3.63) is 0 Å². The van der Waals surface area contributed by atoms with Crippen molar-refractivity contribution in [1.82, 2.24) is 4.90 Å². The molecule has 1 unspecified atom stereocenters. The molecule has 0 radical (unpaired) electrons. The van der Waals surface area contributed by atoms with Gasteiger partial charge in [0.05, 0.1) is 19.8 Å². The molecule has 18 heavy (non-hydrogen) atoms. The third kappa shape index (κ3) is 3.82. The third-order valence-corrected chi connectivity index (χ3v) is 3.05. The second-order valence-corrected chi connectivity index (χ2v) is 4.17. The number of rotatable bonds is 6. The molecule has 2 aliphatic heterocycles. The fourth-order valence-electron chi connectivity index (χ4n) is 2.19. The largest absolute Gasteiger partial charge is 0.365 e. The number of likely N-dealkylation sites (tertiary alicyclic amines) is 1. The van der Waals surface area contributed by atoms with Gasteiger partial charge >= 0.3 is 0 Å². The summed E-state index contributed by atoms with van der Waals surface area (Å²) in [6, 6.07) is 0. The maximum atomic E-state index is 9.42. The van der Waals surface area contributed by atoms with Crippen molar-refractivity contribution in [2.24, 2.45) is 0 Å². The Hall–Kier alpha value is -0.360. The van der Waals surface area contributed by atoms with Gasteiger partial charge in [-0.15, -0.1) is 0 Å². The molecule has 0 amide bonds. The lowest BCUT2D eigenvalue weighted by atomic mass is 10.0. The Balaban J connectivity index is 1.63. The van der Waals surface area contributed by atoms with Crippen molar-refractivity contribution >= 4 is 0 Å². The highest BCUT2D eigenvalue weighted by Crippen LogP contribution is 2.31. The Morgan fingerprint density at radius 2 is 1.83 bits per heavy atom. The zero-order valence-electron chi connectivity index (χ0n) is 9.82. The highest BCUT2D eigenvalue weighted by atomic mass is 17.8. The first-order valence-electron chi connectivity index (χ1n) is 5.73. The molecule has 0 aromatic heterocycles. The maximum absolute atomic E-state index is 9.42. The summed E-state index contributed by atoms with van der Waals surface area (Å²) < 4.78 is 11.2. The number of aliphatic hydroxyl groups excluding tert-OH is 1. The quantitative estimate of drug-likeness (QED) is 0.283. The van der Waals surface area contributed by atoms with Crippen LogP contribution in [0, 0.1) is 0 Å². The Morgan fingerprint density at radius 1 is 1.17 bits per heavy atom. The van der Waals surface area contributed by atoms with E-state index in [0.717, 1.165) is 25.9 Å². The summed E-state index contributed by atoms with van der Waals surface area (Å²) in [5.41, 5.74) is 0. The molecule has 2 aliphatic rings. The molecular formula is C9H17NO8. The number of hydrogen-bond acceptors (Lipinski definition) is 9. The molecule has 0 aliphatic carbocycles. The first-order chi connectivity index (χ1) is 8.74. The van der Waals surface area contributed by atoms with Crippen molar-refractivity contribution in [2.45, 2.75) is 24.9 Å². The van der Waals surface area contributed by atoms with E-state index in [-0.39, 0.29) is 6.54 Å². The first-order valence-corrected chi connectivity index (χ1v) is 5.73. The van der Waals surface area contributed by atoms with Gasteiger partial charge < -0.3 is 14.6 Å². The lowest BCUT2D eigenvalue weighted by molar-refractivity contribution is -0.712. The summed E-state index contributed by atoms with van der Waals surface area (Å²) in [6.45, 7) is 2.95. The van der Waals surface area contributed by atoms with E-state index in [1.807, 2.05) is 4.90 Å². The van der Waals surface area contributed by atoms with Gasteiger partial charge in [0.1, 0.15) is 0 Å². The Morgan fingerprint density at radius 3 is 2.44 bits per heavy atom. The molecule has 2 heterocycles. The summed E-state index contributed by atoms with van der Waals surface area (Å²) in [4.78, 5) is 6.32. The molecule has 0 aromatic rings. The van der Waals surface area contributed by atoms with Gasteiger partial charge in [-0.2, -0.15) is 4.89 Å². The van der Waals surface area contributed by atoms with Crippen molar-refractivity contribution in [2.75, 3.05) is 32.8 Å². The molecule has 9 heteroatoms. The van der Waals surface area contributed by atoms with Gasteiger partial charge in [0, 0.05) is 25.9 Å². The van der Waals surface area contributed by atoms with Gasteiger partial charge in [0.2, 0.25) is 6.29 Å². The molecule has 2 saturated heterocycles. The van der Waals surface area contributed by atoms with Crippen LogP contribution in [-0.2, 0) is 29.5 Å². The lowest BCUT2D eigenvalue weighted by Gasteiger charge is -2.37. The molecule has 1 atom stereocenters. The Labute approximate surface area is 103 Å². The van der Waals surface area contributed by atoms with Crippen molar-refractivity contribution in [3.8, 4) is 0 Å². The van der Waals surface area contributed by atoms with Crippen LogP contribution in [0.4, 0.5) is 0 Å². The van der Waals surface area contributed by atoms with E-state index in [2.05, 4.69) is 20.0 Å².